The van der Waals surface area contributed by atoms with Crippen molar-refractivity contribution in [1.29, 1.82) is 0 Å². The van der Waals surface area contributed by atoms with Crippen LogP contribution in [0.15, 0.2) is 36.5 Å². The van der Waals surface area contributed by atoms with Crippen molar-refractivity contribution in [3.05, 3.63) is 65.0 Å². The number of carboxylic acid groups (broad SMARTS) is 1. The van der Waals surface area contributed by atoms with E-state index in [0.717, 1.165) is 18.2 Å². The first-order chi connectivity index (χ1) is 15.8. The van der Waals surface area contributed by atoms with Crippen LogP contribution in [0.1, 0.15) is 34.0 Å². The molecule has 0 unspecified atom stereocenters. The third-order valence-corrected chi connectivity index (χ3v) is 5.47. The van der Waals surface area contributed by atoms with E-state index in [0.29, 0.717) is 28.5 Å². The molecule has 1 atom stereocenters. The summed E-state index contributed by atoms with van der Waals surface area (Å²) in [4.78, 5) is 24.5. The summed E-state index contributed by atoms with van der Waals surface area (Å²) >= 11 is 0. The molecule has 4 rings (SSSR count). The molecule has 2 heterocycles. The Morgan fingerprint density at radius 3 is 2.15 bits per heavy atom. The number of carbonyl (C=O) groups is 2. The highest BCUT2D eigenvalue weighted by Gasteiger charge is 2.35. The molecule has 2 aromatic carbocycles. The lowest BCUT2D eigenvalue weighted by atomic mass is 9.87. The number of anilines is 1. The van der Waals surface area contributed by atoms with Gasteiger partial charge in [0.2, 0.25) is 11.7 Å². The molecule has 2 N–H and O–H groups in total. The van der Waals surface area contributed by atoms with Crippen molar-refractivity contribution in [2.45, 2.75) is 12.3 Å². The summed E-state index contributed by atoms with van der Waals surface area (Å²) in [5, 5.41) is 12.3. The Hall–Kier alpha value is -4.08. The van der Waals surface area contributed by atoms with Crippen molar-refractivity contribution in [3.63, 3.8) is 0 Å². The number of carboxylic acids is 1. The van der Waals surface area contributed by atoms with Gasteiger partial charge in [-0.3, -0.25) is 4.79 Å². The maximum Gasteiger partial charge on any atom is 0.339 e. The average Bonchev–Trinajstić information content (AvgIpc) is 3.16. The molecule has 0 saturated heterocycles. The summed E-state index contributed by atoms with van der Waals surface area (Å²) in [5.41, 5.74) is 0.840. The van der Waals surface area contributed by atoms with Gasteiger partial charge in [0.05, 0.1) is 38.4 Å². The van der Waals surface area contributed by atoms with E-state index in [9.17, 15) is 23.5 Å². The summed E-state index contributed by atoms with van der Waals surface area (Å²) in [5.74, 6) is -3.01. The third kappa shape index (κ3) is 3.84. The molecule has 0 spiro atoms. The number of amides is 1. The first kappa shape index (κ1) is 22.1. The van der Waals surface area contributed by atoms with Crippen LogP contribution in [-0.2, 0) is 4.79 Å². The number of hydrogen-bond donors (Lipinski definition) is 2. The first-order valence-electron chi connectivity index (χ1n) is 9.82. The van der Waals surface area contributed by atoms with E-state index in [1.165, 1.54) is 32.1 Å². The minimum Gasteiger partial charge on any atom is -0.493 e. The molecule has 10 heteroatoms. The van der Waals surface area contributed by atoms with Gasteiger partial charge in [-0.15, -0.1) is 0 Å². The van der Waals surface area contributed by atoms with Gasteiger partial charge in [-0.05, 0) is 29.8 Å². The molecule has 0 bridgehead atoms. The maximum atomic E-state index is 14.0. The van der Waals surface area contributed by atoms with Gasteiger partial charge in [0.15, 0.2) is 11.5 Å². The van der Waals surface area contributed by atoms with Crippen LogP contribution in [0.2, 0.25) is 0 Å². The van der Waals surface area contributed by atoms with Crippen molar-refractivity contribution in [1.82, 2.24) is 4.57 Å². The Balaban J connectivity index is 2.00. The molecule has 3 aromatic rings. The number of aromatic carboxylic acids is 1. The van der Waals surface area contributed by atoms with Crippen LogP contribution in [-0.4, -0.2) is 42.9 Å². The van der Waals surface area contributed by atoms with Crippen molar-refractivity contribution in [2.24, 2.45) is 0 Å². The maximum absolute atomic E-state index is 14.0. The van der Waals surface area contributed by atoms with Crippen LogP contribution in [0.3, 0.4) is 0 Å². The number of aromatic nitrogens is 1. The van der Waals surface area contributed by atoms with E-state index in [4.69, 9.17) is 14.2 Å². The van der Waals surface area contributed by atoms with Gasteiger partial charge < -0.3 is 29.2 Å². The van der Waals surface area contributed by atoms with Crippen molar-refractivity contribution < 1.29 is 37.7 Å². The molecule has 0 aliphatic carbocycles. The van der Waals surface area contributed by atoms with E-state index in [1.807, 2.05) is 0 Å². The predicted octanol–water partition coefficient (Wildman–Crippen LogP) is 3.95. The fourth-order valence-electron chi connectivity index (χ4n) is 4.10. The number of nitrogens with one attached hydrogen (secondary N) is 1. The summed E-state index contributed by atoms with van der Waals surface area (Å²) in [7, 11) is 4.34. The highest BCUT2D eigenvalue weighted by atomic mass is 19.1. The number of ether oxygens (including phenoxy) is 3. The van der Waals surface area contributed by atoms with E-state index in [2.05, 4.69) is 5.32 Å². The Kier molecular flexibility index (Phi) is 5.67. The zero-order valence-corrected chi connectivity index (χ0v) is 17.9. The van der Waals surface area contributed by atoms with E-state index >= 15 is 0 Å². The number of halogens is 2. The number of fused-ring (bicyclic) bond motifs is 1. The lowest BCUT2D eigenvalue weighted by Gasteiger charge is -2.27. The zero-order valence-electron chi connectivity index (χ0n) is 17.9. The molecule has 8 nitrogen and oxygen atoms in total. The molecule has 1 aliphatic rings. The number of benzene rings is 2. The van der Waals surface area contributed by atoms with Crippen LogP contribution >= 0.6 is 0 Å². The molecule has 1 amide bonds. The standard InChI is InChI=1S/C23H20F2N2O6/c1-31-17-4-11(5-18(32-2)22(17)33-3)15-9-19(28)26-20-16(23(29)30)10-27(21(15)20)14-7-12(24)6-13(25)8-14/h4-8,10,15H,9H2,1-3H3,(H,26,28)(H,29,30)/t15-/m1/s1. The summed E-state index contributed by atoms with van der Waals surface area (Å²) in [6, 6.07) is 6.18. The normalized spacial score (nSPS) is 14.9. The highest BCUT2D eigenvalue weighted by molar-refractivity contribution is 6.04. The minimum absolute atomic E-state index is 0.0491. The summed E-state index contributed by atoms with van der Waals surface area (Å²) < 4.78 is 45.5. The van der Waals surface area contributed by atoms with Gasteiger partial charge in [-0.25, -0.2) is 13.6 Å². The van der Waals surface area contributed by atoms with E-state index in [1.54, 1.807) is 12.1 Å². The fourth-order valence-corrected chi connectivity index (χ4v) is 4.10. The van der Waals surface area contributed by atoms with Crippen LogP contribution in [0.25, 0.3) is 5.69 Å². The second-order valence-electron chi connectivity index (χ2n) is 7.37. The van der Waals surface area contributed by atoms with Gasteiger partial charge in [-0.2, -0.15) is 0 Å². The topological polar surface area (TPSA) is 99.0 Å². The minimum atomic E-state index is -1.30. The predicted molar refractivity (Wildman–Crippen MR) is 114 cm³/mol. The van der Waals surface area contributed by atoms with E-state index < -0.39 is 29.4 Å². The molecule has 0 radical (unpaired) electrons. The van der Waals surface area contributed by atoms with Crippen molar-refractivity contribution >= 4 is 17.6 Å². The third-order valence-electron chi connectivity index (χ3n) is 5.47. The largest absolute Gasteiger partial charge is 0.493 e. The molecule has 0 saturated carbocycles. The number of rotatable bonds is 6. The average molecular weight is 458 g/mol. The van der Waals surface area contributed by atoms with Crippen molar-refractivity contribution in [3.8, 4) is 22.9 Å². The lowest BCUT2D eigenvalue weighted by molar-refractivity contribution is -0.116. The summed E-state index contributed by atoms with van der Waals surface area (Å²) in [6.07, 6.45) is 1.18. The van der Waals surface area contributed by atoms with Crippen LogP contribution in [0.4, 0.5) is 14.5 Å². The van der Waals surface area contributed by atoms with Crippen LogP contribution in [0, 0.1) is 11.6 Å². The monoisotopic (exact) mass is 458 g/mol. The first-order valence-corrected chi connectivity index (χ1v) is 9.82. The zero-order chi connectivity index (χ0) is 23.9. The molecular weight excluding hydrogens is 438 g/mol. The molecule has 0 fully saturated rings. The van der Waals surface area contributed by atoms with Gasteiger partial charge >= 0.3 is 5.97 Å². The van der Waals surface area contributed by atoms with Crippen molar-refractivity contribution in [2.75, 3.05) is 26.6 Å². The molecule has 33 heavy (non-hydrogen) atoms. The second kappa shape index (κ2) is 8.45. The van der Waals surface area contributed by atoms with Gasteiger partial charge in [0, 0.05) is 24.6 Å². The SMILES string of the molecule is COc1cc([C@H]2CC(=O)Nc3c(C(=O)O)cn(-c4cc(F)cc(F)c4)c32)cc(OC)c1OC. The fraction of sp³-hybridized carbons (Fsp3) is 0.217. The van der Waals surface area contributed by atoms with Crippen LogP contribution in [0.5, 0.6) is 17.2 Å². The number of carbonyl (C=O) groups excluding carboxylic acids is 1. The Bertz CT molecular complexity index is 1220. The summed E-state index contributed by atoms with van der Waals surface area (Å²) in [6.45, 7) is 0. The van der Waals surface area contributed by atoms with Gasteiger partial charge in [0.1, 0.15) is 17.2 Å². The second-order valence-corrected chi connectivity index (χ2v) is 7.37. The Morgan fingerprint density at radius 2 is 1.64 bits per heavy atom. The number of nitrogens with zero attached hydrogens (tertiary/aromatic N) is 1. The smallest absolute Gasteiger partial charge is 0.339 e. The molecule has 1 aliphatic heterocycles. The lowest BCUT2D eigenvalue weighted by Crippen LogP contribution is -2.25. The number of methoxy groups -OCH3 is 3. The molecular formula is C23H20F2N2O6. The van der Waals surface area contributed by atoms with E-state index in [-0.39, 0.29) is 23.4 Å². The Morgan fingerprint density at radius 1 is 1.03 bits per heavy atom. The number of hydrogen-bond acceptors (Lipinski definition) is 5. The van der Waals surface area contributed by atoms with Gasteiger partial charge in [0.25, 0.3) is 0 Å². The highest BCUT2D eigenvalue weighted by Crippen LogP contribution is 2.46. The molecule has 1 aromatic heterocycles. The molecule has 172 valence electrons. The van der Waals surface area contributed by atoms with Gasteiger partial charge in [-0.1, -0.05) is 0 Å². The Labute approximate surface area is 187 Å². The van der Waals surface area contributed by atoms with Crippen LogP contribution < -0.4 is 19.5 Å². The quantitative estimate of drug-likeness (QED) is 0.580.